The average Bonchev–Trinajstić information content (AvgIpc) is 2.42. The number of rotatable bonds is 3. The number of halogens is 2. The molecule has 0 saturated carbocycles. The highest BCUT2D eigenvalue weighted by molar-refractivity contribution is 6.59. The molecule has 0 spiro atoms. The van der Waals surface area contributed by atoms with Gasteiger partial charge in [-0.1, -0.05) is 90.0 Å². The van der Waals surface area contributed by atoms with Crippen molar-refractivity contribution in [1.82, 2.24) is 0 Å². The van der Waals surface area contributed by atoms with E-state index in [1.54, 1.807) is 6.08 Å². The third kappa shape index (κ3) is 3.28. The van der Waals surface area contributed by atoms with Crippen LogP contribution in [0.5, 0.6) is 0 Å². The molecule has 0 N–H and O–H groups in total. The fourth-order valence-corrected chi connectivity index (χ4v) is 2.33. The van der Waals surface area contributed by atoms with Crippen LogP contribution in [0, 0.1) is 6.92 Å². The van der Waals surface area contributed by atoms with E-state index in [0.717, 1.165) is 22.3 Å². The maximum absolute atomic E-state index is 6.05. The van der Waals surface area contributed by atoms with Gasteiger partial charge in [-0.25, -0.2) is 0 Å². The Bertz CT molecular complexity index is 601. The van der Waals surface area contributed by atoms with Gasteiger partial charge >= 0.3 is 0 Å². The van der Waals surface area contributed by atoms with Gasteiger partial charge in [0.05, 0.1) is 0 Å². The molecule has 19 heavy (non-hydrogen) atoms. The Morgan fingerprint density at radius 3 is 1.79 bits per heavy atom. The van der Waals surface area contributed by atoms with Crippen LogP contribution in [0.1, 0.15) is 22.3 Å². The van der Waals surface area contributed by atoms with Gasteiger partial charge < -0.3 is 0 Å². The fourth-order valence-electron chi connectivity index (χ4n) is 1.89. The fraction of sp³-hybridized carbons (Fsp3) is 0.0588. The molecule has 0 nitrogen and oxygen atoms in total. The molecule has 0 radical (unpaired) electrons. The van der Waals surface area contributed by atoms with E-state index in [1.807, 2.05) is 55.5 Å². The lowest BCUT2D eigenvalue weighted by molar-refractivity contribution is 1.44. The summed E-state index contributed by atoms with van der Waals surface area (Å²) in [7, 11) is 0. The van der Waals surface area contributed by atoms with E-state index in [1.165, 1.54) is 5.56 Å². The lowest BCUT2D eigenvalue weighted by Gasteiger charge is -2.09. The first-order valence-electron chi connectivity index (χ1n) is 5.97. The molecule has 0 aliphatic carbocycles. The normalized spacial score (nSPS) is 10.1. The van der Waals surface area contributed by atoms with Crippen LogP contribution in [-0.4, -0.2) is 0 Å². The van der Waals surface area contributed by atoms with Gasteiger partial charge in [-0.05, 0) is 23.6 Å². The predicted molar refractivity (Wildman–Crippen MR) is 85.4 cm³/mol. The number of benzene rings is 2. The lowest BCUT2D eigenvalue weighted by atomic mass is 9.98. The van der Waals surface area contributed by atoms with Crippen molar-refractivity contribution in [1.29, 1.82) is 0 Å². The molecule has 0 atom stereocenters. The second-order valence-corrected chi connectivity index (χ2v) is 5.28. The molecule has 2 aromatic rings. The van der Waals surface area contributed by atoms with Gasteiger partial charge in [-0.15, -0.1) is 0 Å². The number of hydrogen-bond donors (Lipinski definition) is 0. The van der Waals surface area contributed by atoms with Crippen LogP contribution in [0.3, 0.4) is 0 Å². The van der Waals surface area contributed by atoms with E-state index in [9.17, 15) is 0 Å². The molecule has 0 saturated heterocycles. The van der Waals surface area contributed by atoms with Crippen molar-refractivity contribution in [2.45, 2.75) is 6.92 Å². The summed E-state index contributed by atoms with van der Waals surface area (Å²) < 4.78 is 0.273. The van der Waals surface area contributed by atoms with Crippen molar-refractivity contribution in [2.75, 3.05) is 0 Å². The van der Waals surface area contributed by atoms with Crippen molar-refractivity contribution in [3.8, 4) is 0 Å². The van der Waals surface area contributed by atoms with Crippen molar-refractivity contribution < 1.29 is 0 Å². The van der Waals surface area contributed by atoms with Gasteiger partial charge in [0.1, 0.15) is 4.49 Å². The molecule has 0 fully saturated rings. The smallest absolute Gasteiger partial charge is 0.0985 e. The molecule has 2 rings (SSSR count). The topological polar surface area (TPSA) is 0 Å². The van der Waals surface area contributed by atoms with Gasteiger partial charge in [-0.3, -0.25) is 0 Å². The summed E-state index contributed by atoms with van der Waals surface area (Å²) in [5, 5.41) is 0. The molecule has 0 aliphatic rings. The second-order valence-electron chi connectivity index (χ2n) is 4.33. The summed E-state index contributed by atoms with van der Waals surface area (Å²) in [5.74, 6) is 0. The second kappa shape index (κ2) is 6.10. The van der Waals surface area contributed by atoms with Crippen LogP contribution in [0.25, 0.3) is 11.6 Å². The van der Waals surface area contributed by atoms with Crippen molar-refractivity contribution in [2.24, 2.45) is 0 Å². The van der Waals surface area contributed by atoms with Crippen LogP contribution < -0.4 is 0 Å². The van der Waals surface area contributed by atoms with E-state index in [0.29, 0.717) is 0 Å². The summed E-state index contributed by atoms with van der Waals surface area (Å²) in [4.78, 5) is 0. The standard InChI is InChI=1S/C17H14Cl2/c1-3-13-6-10-15(11-7-13)16(17(18)19)14-8-4-12(2)5-9-14/h3-11H,1H2,2H3. The number of hydrogen-bond acceptors (Lipinski definition) is 0. The Labute approximate surface area is 124 Å². The molecular weight excluding hydrogens is 275 g/mol. The first kappa shape index (κ1) is 13.9. The van der Waals surface area contributed by atoms with Gasteiger partial charge in [0, 0.05) is 5.57 Å². The summed E-state index contributed by atoms with van der Waals surface area (Å²) in [6.07, 6.45) is 1.81. The first-order valence-corrected chi connectivity index (χ1v) is 6.72. The molecule has 2 heteroatoms. The molecule has 0 unspecified atom stereocenters. The Morgan fingerprint density at radius 1 is 0.895 bits per heavy atom. The largest absolute Gasteiger partial charge is 0.115 e. The van der Waals surface area contributed by atoms with Crippen LogP contribution in [0.15, 0.2) is 59.6 Å². The van der Waals surface area contributed by atoms with Crippen LogP contribution in [0.4, 0.5) is 0 Å². The van der Waals surface area contributed by atoms with Crippen LogP contribution in [-0.2, 0) is 0 Å². The molecule has 0 aliphatic heterocycles. The highest BCUT2D eigenvalue weighted by atomic mass is 35.5. The van der Waals surface area contributed by atoms with E-state index in [-0.39, 0.29) is 4.49 Å². The van der Waals surface area contributed by atoms with Crippen molar-refractivity contribution >= 4 is 34.9 Å². The zero-order valence-corrected chi connectivity index (χ0v) is 12.2. The zero-order chi connectivity index (χ0) is 13.8. The van der Waals surface area contributed by atoms with Gasteiger partial charge in [0.25, 0.3) is 0 Å². The highest BCUT2D eigenvalue weighted by Crippen LogP contribution is 2.31. The maximum Gasteiger partial charge on any atom is 0.115 e. The van der Waals surface area contributed by atoms with E-state index in [4.69, 9.17) is 23.2 Å². The molecule has 0 aromatic heterocycles. The van der Waals surface area contributed by atoms with Gasteiger partial charge in [-0.2, -0.15) is 0 Å². The van der Waals surface area contributed by atoms with Crippen molar-refractivity contribution in [3.63, 3.8) is 0 Å². The van der Waals surface area contributed by atoms with Crippen LogP contribution >= 0.6 is 23.2 Å². The van der Waals surface area contributed by atoms with E-state index < -0.39 is 0 Å². The molecule has 0 amide bonds. The molecule has 2 aromatic carbocycles. The molecule has 0 heterocycles. The Balaban J connectivity index is 2.49. The minimum atomic E-state index is 0.273. The summed E-state index contributed by atoms with van der Waals surface area (Å²) >= 11 is 12.1. The summed E-state index contributed by atoms with van der Waals surface area (Å²) in [5.41, 5.74) is 5.12. The Morgan fingerprint density at radius 2 is 1.37 bits per heavy atom. The monoisotopic (exact) mass is 288 g/mol. The van der Waals surface area contributed by atoms with Gasteiger partial charge in [0.2, 0.25) is 0 Å². The minimum absolute atomic E-state index is 0.273. The molecular formula is C17H14Cl2. The summed E-state index contributed by atoms with van der Waals surface area (Å²) in [6.45, 7) is 5.79. The lowest BCUT2D eigenvalue weighted by Crippen LogP contribution is -1.89. The zero-order valence-electron chi connectivity index (χ0n) is 10.7. The van der Waals surface area contributed by atoms with Gasteiger partial charge in [0.15, 0.2) is 0 Å². The quantitative estimate of drug-likeness (QED) is 0.666. The first-order chi connectivity index (χ1) is 9.11. The molecule has 0 bridgehead atoms. The average molecular weight is 289 g/mol. The van der Waals surface area contributed by atoms with E-state index >= 15 is 0 Å². The van der Waals surface area contributed by atoms with Crippen molar-refractivity contribution in [3.05, 3.63) is 81.9 Å². The number of aryl methyl sites for hydroxylation is 1. The minimum Gasteiger partial charge on any atom is -0.0985 e. The van der Waals surface area contributed by atoms with E-state index in [2.05, 4.69) is 6.58 Å². The predicted octanol–water partition coefficient (Wildman–Crippen LogP) is 5.83. The third-order valence-electron chi connectivity index (χ3n) is 2.96. The maximum atomic E-state index is 6.05. The third-order valence-corrected chi connectivity index (χ3v) is 3.34. The SMILES string of the molecule is C=Cc1ccc(C(=C(Cl)Cl)c2ccc(C)cc2)cc1. The van der Waals surface area contributed by atoms with Crippen LogP contribution in [0.2, 0.25) is 0 Å². The molecule has 96 valence electrons. The summed E-state index contributed by atoms with van der Waals surface area (Å²) in [6, 6.07) is 16.1. The highest BCUT2D eigenvalue weighted by Gasteiger charge is 2.09. The Kier molecular flexibility index (Phi) is 4.47. The Hall–Kier alpha value is -1.50.